The van der Waals surface area contributed by atoms with Crippen molar-refractivity contribution in [1.82, 2.24) is 5.32 Å². The maximum atomic E-state index is 11.6. The van der Waals surface area contributed by atoms with E-state index in [4.69, 9.17) is 10.5 Å². The largest absolute Gasteiger partial charge is 0.491 e. The molecule has 2 atom stereocenters. The number of amides is 1. The minimum absolute atomic E-state index is 0.152. The Morgan fingerprint density at radius 2 is 1.86 bits per heavy atom. The van der Waals surface area contributed by atoms with Crippen LogP contribution >= 0.6 is 0 Å². The van der Waals surface area contributed by atoms with E-state index in [1.54, 1.807) is 6.92 Å². The Morgan fingerprint density at radius 3 is 2.29 bits per heavy atom. The Labute approximate surface area is 128 Å². The number of carbonyl (C=O) groups is 1. The van der Waals surface area contributed by atoms with Gasteiger partial charge in [-0.3, -0.25) is 10.1 Å². The Morgan fingerprint density at radius 1 is 1.29 bits per heavy atom. The lowest BCUT2D eigenvalue weighted by Gasteiger charge is -2.29. The van der Waals surface area contributed by atoms with Crippen molar-refractivity contribution in [2.24, 2.45) is 5.73 Å². The Balaban J connectivity index is 2.70. The number of carbonyl (C=O) groups excluding carboxylic acids is 1. The van der Waals surface area contributed by atoms with Crippen LogP contribution in [0.4, 0.5) is 0 Å². The van der Waals surface area contributed by atoms with E-state index < -0.39 is 11.4 Å². The van der Waals surface area contributed by atoms with Crippen LogP contribution in [-0.2, 0) is 4.79 Å². The average Bonchev–Trinajstić information content (AvgIpc) is 2.44. The maximum absolute atomic E-state index is 11.6. The molecule has 0 fully saturated rings. The monoisotopic (exact) mass is 292 g/mol. The maximum Gasteiger partial charge on any atom is 0.240 e. The van der Waals surface area contributed by atoms with Gasteiger partial charge in [0.05, 0.1) is 0 Å². The Hall–Kier alpha value is -1.55. The van der Waals surface area contributed by atoms with E-state index in [2.05, 4.69) is 31.3 Å². The molecule has 0 aliphatic carbocycles. The van der Waals surface area contributed by atoms with Crippen LogP contribution in [0.15, 0.2) is 24.3 Å². The summed E-state index contributed by atoms with van der Waals surface area (Å²) in [6.45, 7) is 10.3. The molecule has 21 heavy (non-hydrogen) atoms. The van der Waals surface area contributed by atoms with Gasteiger partial charge in [-0.15, -0.1) is 0 Å². The topological polar surface area (TPSA) is 64.3 Å². The molecule has 4 heteroatoms. The van der Waals surface area contributed by atoms with Crippen molar-refractivity contribution in [3.8, 4) is 5.75 Å². The van der Waals surface area contributed by atoms with Gasteiger partial charge in [0.1, 0.15) is 17.9 Å². The van der Waals surface area contributed by atoms with Gasteiger partial charge in [-0.1, -0.05) is 26.0 Å². The summed E-state index contributed by atoms with van der Waals surface area (Å²) in [5.74, 6) is 0.880. The van der Waals surface area contributed by atoms with Gasteiger partial charge in [-0.05, 0) is 50.8 Å². The first-order chi connectivity index (χ1) is 9.78. The number of rotatable bonds is 8. The Kier molecular flexibility index (Phi) is 6.21. The SMILES string of the molecule is CCC(C)c1ccc(OCC(C)(NC(C)C)C(N)=O)cc1. The van der Waals surface area contributed by atoms with Gasteiger partial charge in [-0.2, -0.15) is 0 Å². The van der Waals surface area contributed by atoms with Crippen molar-refractivity contribution in [1.29, 1.82) is 0 Å². The number of primary amides is 1. The van der Waals surface area contributed by atoms with E-state index in [0.29, 0.717) is 5.92 Å². The molecule has 0 bridgehead atoms. The lowest BCUT2D eigenvalue weighted by atomic mass is 9.99. The van der Waals surface area contributed by atoms with Crippen LogP contribution < -0.4 is 15.8 Å². The van der Waals surface area contributed by atoms with Gasteiger partial charge < -0.3 is 10.5 Å². The van der Waals surface area contributed by atoms with Crippen molar-refractivity contribution in [3.05, 3.63) is 29.8 Å². The lowest BCUT2D eigenvalue weighted by Crippen LogP contribution is -2.59. The Bertz CT molecular complexity index is 456. The average molecular weight is 292 g/mol. The molecule has 1 aromatic carbocycles. The van der Waals surface area contributed by atoms with Gasteiger partial charge in [0.15, 0.2) is 0 Å². The van der Waals surface area contributed by atoms with Gasteiger partial charge in [-0.25, -0.2) is 0 Å². The summed E-state index contributed by atoms with van der Waals surface area (Å²) < 4.78 is 5.74. The molecule has 0 aliphatic heterocycles. The van der Waals surface area contributed by atoms with Crippen LogP contribution in [0, 0.1) is 0 Å². The third-order valence-electron chi connectivity index (χ3n) is 3.74. The normalized spacial score (nSPS) is 15.5. The summed E-state index contributed by atoms with van der Waals surface area (Å²) >= 11 is 0. The van der Waals surface area contributed by atoms with Crippen LogP contribution in [0.2, 0.25) is 0 Å². The molecule has 1 rings (SSSR count). The number of nitrogens with two attached hydrogens (primary N) is 1. The molecular weight excluding hydrogens is 264 g/mol. The summed E-state index contributed by atoms with van der Waals surface area (Å²) in [6, 6.07) is 8.18. The third kappa shape index (κ3) is 5.05. The smallest absolute Gasteiger partial charge is 0.240 e. The first-order valence-corrected chi connectivity index (χ1v) is 7.59. The van der Waals surface area contributed by atoms with Crippen molar-refractivity contribution >= 4 is 5.91 Å². The van der Waals surface area contributed by atoms with E-state index >= 15 is 0 Å². The number of benzene rings is 1. The summed E-state index contributed by atoms with van der Waals surface area (Å²) in [5.41, 5.74) is 5.91. The summed E-state index contributed by atoms with van der Waals surface area (Å²) in [4.78, 5) is 11.6. The van der Waals surface area contributed by atoms with E-state index in [0.717, 1.165) is 12.2 Å². The van der Waals surface area contributed by atoms with Crippen molar-refractivity contribution in [2.45, 2.75) is 58.5 Å². The number of hydrogen-bond acceptors (Lipinski definition) is 3. The molecule has 0 saturated carbocycles. The second-order valence-corrected chi connectivity index (χ2v) is 6.16. The summed E-state index contributed by atoms with van der Waals surface area (Å²) in [5, 5.41) is 3.17. The van der Waals surface area contributed by atoms with Crippen molar-refractivity contribution in [2.75, 3.05) is 6.61 Å². The molecule has 3 N–H and O–H groups in total. The molecular formula is C17H28N2O2. The van der Waals surface area contributed by atoms with Crippen LogP contribution in [0.1, 0.15) is 52.5 Å². The lowest BCUT2D eigenvalue weighted by molar-refractivity contribution is -0.125. The predicted octanol–water partition coefficient (Wildman–Crippen LogP) is 2.82. The standard InChI is InChI=1S/C17H28N2O2/c1-6-13(4)14-7-9-15(10-8-14)21-11-17(5,16(18)20)19-12(2)3/h7-10,12-13,19H,6,11H2,1-5H3,(H2,18,20). The van der Waals surface area contributed by atoms with E-state index in [1.807, 2.05) is 26.0 Å². The molecule has 0 saturated heterocycles. The van der Waals surface area contributed by atoms with E-state index in [9.17, 15) is 4.79 Å². The molecule has 0 spiro atoms. The highest BCUT2D eigenvalue weighted by atomic mass is 16.5. The highest BCUT2D eigenvalue weighted by molar-refractivity contribution is 5.84. The fourth-order valence-electron chi connectivity index (χ4n) is 2.18. The molecule has 118 valence electrons. The number of ether oxygens (including phenoxy) is 1. The molecule has 0 aliphatic rings. The minimum Gasteiger partial charge on any atom is -0.491 e. The highest BCUT2D eigenvalue weighted by Gasteiger charge is 2.32. The molecule has 1 aromatic rings. The fraction of sp³-hybridized carbons (Fsp3) is 0.588. The second-order valence-electron chi connectivity index (χ2n) is 6.16. The number of hydrogen-bond donors (Lipinski definition) is 2. The number of nitrogens with one attached hydrogen (secondary N) is 1. The predicted molar refractivity (Wildman–Crippen MR) is 86.5 cm³/mol. The van der Waals surface area contributed by atoms with Gasteiger partial charge in [0.2, 0.25) is 5.91 Å². The third-order valence-corrected chi connectivity index (χ3v) is 3.74. The molecule has 0 radical (unpaired) electrons. The second kappa shape index (κ2) is 7.46. The molecule has 2 unspecified atom stereocenters. The van der Waals surface area contributed by atoms with Crippen LogP contribution in [0.3, 0.4) is 0 Å². The van der Waals surface area contributed by atoms with Crippen LogP contribution in [0.5, 0.6) is 5.75 Å². The molecule has 4 nitrogen and oxygen atoms in total. The fourth-order valence-corrected chi connectivity index (χ4v) is 2.18. The molecule has 0 heterocycles. The van der Waals surface area contributed by atoms with E-state index in [1.165, 1.54) is 5.56 Å². The van der Waals surface area contributed by atoms with Crippen LogP contribution in [0.25, 0.3) is 0 Å². The molecule has 0 aromatic heterocycles. The zero-order valence-corrected chi connectivity index (χ0v) is 13.8. The zero-order valence-electron chi connectivity index (χ0n) is 13.8. The van der Waals surface area contributed by atoms with Gasteiger partial charge in [0, 0.05) is 6.04 Å². The van der Waals surface area contributed by atoms with Crippen molar-refractivity contribution < 1.29 is 9.53 Å². The zero-order chi connectivity index (χ0) is 16.0. The van der Waals surface area contributed by atoms with Gasteiger partial charge in [0.25, 0.3) is 0 Å². The van der Waals surface area contributed by atoms with Crippen molar-refractivity contribution in [3.63, 3.8) is 0 Å². The summed E-state index contributed by atoms with van der Waals surface area (Å²) in [6.07, 6.45) is 1.11. The first-order valence-electron chi connectivity index (χ1n) is 7.59. The minimum atomic E-state index is -0.871. The highest BCUT2D eigenvalue weighted by Crippen LogP contribution is 2.22. The van der Waals surface area contributed by atoms with E-state index in [-0.39, 0.29) is 12.6 Å². The van der Waals surface area contributed by atoms with Crippen LogP contribution in [-0.4, -0.2) is 24.1 Å². The summed E-state index contributed by atoms with van der Waals surface area (Å²) in [7, 11) is 0. The van der Waals surface area contributed by atoms with Gasteiger partial charge >= 0.3 is 0 Å². The first kappa shape index (κ1) is 17.5. The molecule has 1 amide bonds. The quantitative estimate of drug-likeness (QED) is 0.774.